The van der Waals surface area contributed by atoms with Gasteiger partial charge in [0.25, 0.3) is 0 Å². The molecule has 4 N–H and O–H groups in total. The number of ether oxygens (including phenoxy) is 1. The van der Waals surface area contributed by atoms with Crippen LogP contribution in [-0.4, -0.2) is 19.1 Å². The molecular weight excluding hydrogens is 264 g/mol. The lowest BCUT2D eigenvalue weighted by molar-refractivity contribution is 0.1000. The predicted molar refractivity (Wildman–Crippen MR) is 75.4 cm³/mol. The van der Waals surface area contributed by atoms with Crippen molar-refractivity contribution < 1.29 is 9.53 Å². The van der Waals surface area contributed by atoms with Crippen molar-refractivity contribution in [1.29, 1.82) is 0 Å². The SMILES string of the molecule is NCC1CCCC1COc1ccc(C(N)=O)cc1Cl. The Bertz CT molecular complexity index is 465. The molecule has 0 heterocycles. The van der Waals surface area contributed by atoms with Crippen LogP contribution in [0, 0.1) is 11.8 Å². The van der Waals surface area contributed by atoms with E-state index in [0.29, 0.717) is 41.3 Å². The van der Waals surface area contributed by atoms with Gasteiger partial charge in [-0.3, -0.25) is 4.79 Å². The van der Waals surface area contributed by atoms with Crippen molar-refractivity contribution in [2.24, 2.45) is 23.3 Å². The van der Waals surface area contributed by atoms with Gasteiger partial charge in [-0.05, 0) is 49.4 Å². The normalized spacial score (nSPS) is 22.4. The highest BCUT2D eigenvalue weighted by molar-refractivity contribution is 6.32. The molecule has 5 heteroatoms. The zero-order chi connectivity index (χ0) is 13.8. The van der Waals surface area contributed by atoms with E-state index in [2.05, 4.69) is 0 Å². The molecule has 2 unspecified atom stereocenters. The van der Waals surface area contributed by atoms with E-state index in [4.69, 9.17) is 27.8 Å². The molecule has 0 aliphatic heterocycles. The summed E-state index contributed by atoms with van der Waals surface area (Å²) in [4.78, 5) is 11.0. The Morgan fingerprint density at radius 3 is 2.74 bits per heavy atom. The molecule has 1 aliphatic carbocycles. The number of primary amides is 1. The Morgan fingerprint density at radius 2 is 2.11 bits per heavy atom. The van der Waals surface area contributed by atoms with Crippen LogP contribution >= 0.6 is 11.6 Å². The molecule has 1 aromatic carbocycles. The van der Waals surface area contributed by atoms with E-state index in [1.165, 1.54) is 18.9 Å². The Balaban J connectivity index is 1.98. The second-order valence-corrected chi connectivity index (χ2v) is 5.41. The predicted octanol–water partition coefficient (Wildman–Crippen LogP) is 2.19. The first-order chi connectivity index (χ1) is 9.11. The fourth-order valence-electron chi connectivity index (χ4n) is 2.61. The minimum absolute atomic E-state index is 0.387. The monoisotopic (exact) mass is 282 g/mol. The van der Waals surface area contributed by atoms with Crippen molar-refractivity contribution in [1.82, 2.24) is 0 Å². The third-order valence-corrected chi connectivity index (χ3v) is 4.08. The van der Waals surface area contributed by atoms with E-state index in [0.717, 1.165) is 6.42 Å². The van der Waals surface area contributed by atoms with Gasteiger partial charge in [-0.2, -0.15) is 0 Å². The average Bonchev–Trinajstić information content (AvgIpc) is 2.84. The van der Waals surface area contributed by atoms with Crippen molar-refractivity contribution in [3.63, 3.8) is 0 Å². The van der Waals surface area contributed by atoms with Gasteiger partial charge in [0.05, 0.1) is 11.6 Å². The van der Waals surface area contributed by atoms with Gasteiger partial charge in [0.2, 0.25) is 5.91 Å². The van der Waals surface area contributed by atoms with Crippen LogP contribution in [0.4, 0.5) is 0 Å². The van der Waals surface area contributed by atoms with Crippen LogP contribution in [0.2, 0.25) is 5.02 Å². The van der Waals surface area contributed by atoms with Crippen LogP contribution in [0.5, 0.6) is 5.75 Å². The lowest BCUT2D eigenvalue weighted by atomic mass is 9.97. The molecule has 4 nitrogen and oxygen atoms in total. The summed E-state index contributed by atoms with van der Waals surface area (Å²) in [6, 6.07) is 4.85. The summed E-state index contributed by atoms with van der Waals surface area (Å²) in [5, 5.41) is 0.415. The summed E-state index contributed by atoms with van der Waals surface area (Å²) >= 11 is 6.07. The van der Waals surface area contributed by atoms with Gasteiger partial charge < -0.3 is 16.2 Å². The summed E-state index contributed by atoms with van der Waals surface area (Å²) < 4.78 is 5.75. The molecule has 104 valence electrons. The van der Waals surface area contributed by atoms with Gasteiger partial charge in [0.1, 0.15) is 5.75 Å². The van der Waals surface area contributed by atoms with Crippen molar-refractivity contribution >= 4 is 17.5 Å². The molecule has 0 spiro atoms. The quantitative estimate of drug-likeness (QED) is 0.869. The molecule has 1 aliphatic rings. The molecule has 0 saturated heterocycles. The third kappa shape index (κ3) is 3.39. The topological polar surface area (TPSA) is 78.3 Å². The lowest BCUT2D eigenvalue weighted by Gasteiger charge is -2.18. The number of carbonyl (C=O) groups excluding carboxylic acids is 1. The van der Waals surface area contributed by atoms with E-state index in [-0.39, 0.29) is 0 Å². The van der Waals surface area contributed by atoms with Crippen LogP contribution in [0.3, 0.4) is 0 Å². The van der Waals surface area contributed by atoms with Gasteiger partial charge in [-0.1, -0.05) is 18.0 Å². The minimum atomic E-state index is -0.493. The van der Waals surface area contributed by atoms with Gasteiger partial charge in [0.15, 0.2) is 0 Å². The highest BCUT2D eigenvalue weighted by Gasteiger charge is 2.26. The van der Waals surface area contributed by atoms with Gasteiger partial charge in [-0.25, -0.2) is 0 Å². The summed E-state index contributed by atoms with van der Waals surface area (Å²) in [5.41, 5.74) is 11.3. The Hall–Kier alpha value is -1.26. The van der Waals surface area contributed by atoms with Crippen LogP contribution in [-0.2, 0) is 0 Å². The van der Waals surface area contributed by atoms with E-state index in [9.17, 15) is 4.79 Å². The molecule has 1 fully saturated rings. The Labute approximate surface area is 118 Å². The first kappa shape index (κ1) is 14.2. The second kappa shape index (κ2) is 6.26. The fourth-order valence-corrected chi connectivity index (χ4v) is 2.85. The van der Waals surface area contributed by atoms with Gasteiger partial charge in [0, 0.05) is 5.56 Å². The van der Waals surface area contributed by atoms with E-state index < -0.39 is 5.91 Å². The number of rotatable bonds is 5. The lowest BCUT2D eigenvalue weighted by Crippen LogP contribution is -2.23. The molecule has 1 amide bonds. The number of hydrogen-bond donors (Lipinski definition) is 2. The maximum absolute atomic E-state index is 11.0. The summed E-state index contributed by atoms with van der Waals surface area (Å²) in [6.07, 6.45) is 3.54. The van der Waals surface area contributed by atoms with E-state index in [1.54, 1.807) is 12.1 Å². The highest BCUT2D eigenvalue weighted by atomic mass is 35.5. The average molecular weight is 283 g/mol. The summed E-state index contributed by atoms with van der Waals surface area (Å²) in [5.74, 6) is 1.14. The molecular formula is C14H19ClN2O2. The molecule has 0 bridgehead atoms. The molecule has 0 aromatic heterocycles. The minimum Gasteiger partial charge on any atom is -0.492 e. The fraction of sp³-hybridized carbons (Fsp3) is 0.500. The van der Waals surface area contributed by atoms with Crippen LogP contribution in [0.15, 0.2) is 18.2 Å². The maximum atomic E-state index is 11.0. The standard InChI is InChI=1S/C14H19ClN2O2/c15-12-6-9(14(17)18)4-5-13(12)19-8-11-3-1-2-10(11)7-16/h4-6,10-11H,1-3,7-8,16H2,(H2,17,18). The largest absolute Gasteiger partial charge is 0.492 e. The number of benzene rings is 1. The first-order valence-electron chi connectivity index (χ1n) is 6.54. The molecule has 1 saturated carbocycles. The number of carbonyl (C=O) groups is 1. The second-order valence-electron chi connectivity index (χ2n) is 5.01. The molecule has 0 radical (unpaired) electrons. The first-order valence-corrected chi connectivity index (χ1v) is 6.92. The van der Waals surface area contributed by atoms with Crippen LogP contribution in [0.1, 0.15) is 29.6 Å². The van der Waals surface area contributed by atoms with Crippen LogP contribution in [0.25, 0.3) is 0 Å². The number of hydrogen-bond acceptors (Lipinski definition) is 3. The smallest absolute Gasteiger partial charge is 0.248 e. The third-order valence-electron chi connectivity index (χ3n) is 3.79. The Kier molecular flexibility index (Phi) is 4.66. The van der Waals surface area contributed by atoms with E-state index >= 15 is 0 Å². The molecule has 1 aromatic rings. The summed E-state index contributed by atoms with van der Waals surface area (Å²) in [7, 11) is 0. The molecule has 2 rings (SSSR count). The van der Waals surface area contributed by atoms with Crippen molar-refractivity contribution in [2.75, 3.05) is 13.2 Å². The number of halogens is 1. The van der Waals surface area contributed by atoms with Crippen molar-refractivity contribution in [3.05, 3.63) is 28.8 Å². The highest BCUT2D eigenvalue weighted by Crippen LogP contribution is 2.32. The summed E-state index contributed by atoms with van der Waals surface area (Å²) in [6.45, 7) is 1.33. The van der Waals surface area contributed by atoms with Crippen LogP contribution < -0.4 is 16.2 Å². The number of amides is 1. The van der Waals surface area contributed by atoms with Crippen molar-refractivity contribution in [2.45, 2.75) is 19.3 Å². The zero-order valence-electron chi connectivity index (χ0n) is 10.8. The van der Waals surface area contributed by atoms with Gasteiger partial charge in [-0.15, -0.1) is 0 Å². The molecule has 2 atom stereocenters. The van der Waals surface area contributed by atoms with Gasteiger partial charge >= 0.3 is 0 Å². The number of nitrogens with two attached hydrogens (primary N) is 2. The molecule has 19 heavy (non-hydrogen) atoms. The van der Waals surface area contributed by atoms with Crippen molar-refractivity contribution in [3.8, 4) is 5.75 Å². The maximum Gasteiger partial charge on any atom is 0.248 e. The zero-order valence-corrected chi connectivity index (χ0v) is 11.5. The Morgan fingerprint density at radius 1 is 1.37 bits per heavy atom. The van der Waals surface area contributed by atoms with E-state index in [1.807, 2.05) is 0 Å².